The molecule has 0 aliphatic carbocycles. The highest BCUT2D eigenvalue weighted by Crippen LogP contribution is 2.33. The predicted octanol–water partition coefficient (Wildman–Crippen LogP) is 3.09. The second-order valence-corrected chi connectivity index (χ2v) is 10.6. The number of ether oxygens (including phenoxy) is 1. The van der Waals surface area contributed by atoms with Crippen LogP contribution < -0.4 is 10.6 Å². The standard InChI is InChI=1S/C19H17F3N4O6S3/c1-32-18(29)23-7-12-16(34-15(8-27)24-12)13-9-33-17(25-13)26-14(28)6-10-2-4-11(5-3-10)35(30,31)19(20,21)22/h2-5,9,27H,6-8H2,1H3,(H,23,29)(H,25,26,28). The van der Waals surface area contributed by atoms with Crippen molar-refractivity contribution in [2.75, 3.05) is 12.4 Å². The lowest BCUT2D eigenvalue weighted by molar-refractivity contribution is -0.115. The van der Waals surface area contributed by atoms with E-state index < -0.39 is 32.2 Å². The van der Waals surface area contributed by atoms with Gasteiger partial charge in [-0.15, -0.1) is 22.7 Å². The summed E-state index contributed by atoms with van der Waals surface area (Å²) in [6, 6.07) is 3.83. The maximum atomic E-state index is 12.6. The van der Waals surface area contributed by atoms with Crippen LogP contribution >= 0.6 is 22.7 Å². The van der Waals surface area contributed by atoms with Crippen LogP contribution in [0.5, 0.6) is 0 Å². The molecule has 0 aliphatic heterocycles. The Labute approximate surface area is 204 Å². The fraction of sp³-hybridized carbons (Fsp3) is 0.263. The number of sulfone groups is 1. The van der Waals surface area contributed by atoms with E-state index in [0.717, 1.165) is 46.9 Å². The first-order chi connectivity index (χ1) is 16.4. The third-order valence-electron chi connectivity index (χ3n) is 4.35. The van der Waals surface area contributed by atoms with Gasteiger partial charge in [0.25, 0.3) is 9.84 Å². The van der Waals surface area contributed by atoms with E-state index in [9.17, 15) is 36.3 Å². The van der Waals surface area contributed by atoms with Gasteiger partial charge >= 0.3 is 11.6 Å². The Morgan fingerprint density at radius 2 is 1.86 bits per heavy atom. The fourth-order valence-electron chi connectivity index (χ4n) is 2.72. The Balaban J connectivity index is 1.68. The van der Waals surface area contributed by atoms with Gasteiger partial charge in [0.2, 0.25) is 5.91 Å². The van der Waals surface area contributed by atoms with Gasteiger partial charge in [0.1, 0.15) is 5.01 Å². The van der Waals surface area contributed by atoms with Crippen LogP contribution in [0.25, 0.3) is 10.6 Å². The molecule has 0 fully saturated rings. The van der Waals surface area contributed by atoms with Crippen LogP contribution in [0.15, 0.2) is 34.5 Å². The van der Waals surface area contributed by atoms with Gasteiger partial charge in [0.15, 0.2) is 5.13 Å². The van der Waals surface area contributed by atoms with E-state index in [1.165, 1.54) is 7.11 Å². The van der Waals surface area contributed by atoms with Crippen LogP contribution in [0, 0.1) is 0 Å². The highest BCUT2D eigenvalue weighted by atomic mass is 32.2. The number of amides is 2. The van der Waals surface area contributed by atoms with E-state index in [-0.39, 0.29) is 24.7 Å². The Morgan fingerprint density at radius 3 is 2.46 bits per heavy atom. The minimum absolute atomic E-state index is 0.0256. The number of carbonyl (C=O) groups is 2. The van der Waals surface area contributed by atoms with Crippen molar-refractivity contribution >= 4 is 49.6 Å². The molecule has 0 unspecified atom stereocenters. The Bertz CT molecular complexity index is 1320. The van der Waals surface area contributed by atoms with Crippen molar-refractivity contribution in [3.63, 3.8) is 0 Å². The summed E-state index contributed by atoms with van der Waals surface area (Å²) in [5.74, 6) is -0.523. The number of methoxy groups -OCH3 is 1. The lowest BCUT2D eigenvalue weighted by Gasteiger charge is -2.08. The third kappa shape index (κ3) is 6.33. The number of benzene rings is 1. The number of thiazole rings is 2. The van der Waals surface area contributed by atoms with Crippen LogP contribution in [0.1, 0.15) is 16.3 Å². The number of hydrogen-bond donors (Lipinski definition) is 3. The average molecular weight is 551 g/mol. The summed E-state index contributed by atoms with van der Waals surface area (Å²) < 4.78 is 65.3. The number of hydrogen-bond acceptors (Lipinski definition) is 10. The summed E-state index contributed by atoms with van der Waals surface area (Å²) in [6.07, 6.45) is -0.894. The molecule has 0 spiro atoms. The first kappa shape index (κ1) is 26.5. The average Bonchev–Trinajstić information content (AvgIpc) is 3.43. The predicted molar refractivity (Wildman–Crippen MR) is 120 cm³/mol. The molecule has 0 radical (unpaired) electrons. The zero-order valence-electron chi connectivity index (χ0n) is 17.7. The second-order valence-electron chi connectivity index (χ2n) is 6.74. The number of aromatic nitrogens is 2. The highest BCUT2D eigenvalue weighted by Gasteiger charge is 2.46. The molecule has 3 aromatic rings. The molecule has 16 heteroatoms. The van der Waals surface area contributed by atoms with Gasteiger partial charge < -0.3 is 20.5 Å². The number of aliphatic hydroxyl groups excluding tert-OH is 1. The van der Waals surface area contributed by atoms with E-state index in [0.29, 0.717) is 26.8 Å². The number of rotatable bonds is 8. The molecule has 2 aromatic heterocycles. The van der Waals surface area contributed by atoms with Gasteiger partial charge in [0.05, 0.1) is 47.8 Å². The zero-order valence-corrected chi connectivity index (χ0v) is 20.2. The number of anilines is 1. The van der Waals surface area contributed by atoms with Gasteiger partial charge in [0, 0.05) is 5.38 Å². The minimum atomic E-state index is -5.47. The van der Waals surface area contributed by atoms with Gasteiger partial charge in [-0.25, -0.2) is 23.2 Å². The maximum Gasteiger partial charge on any atom is 0.501 e. The number of nitrogens with one attached hydrogen (secondary N) is 2. The summed E-state index contributed by atoms with van der Waals surface area (Å²) in [4.78, 5) is 31.9. The Hall–Kier alpha value is -3.08. The summed E-state index contributed by atoms with van der Waals surface area (Å²) in [6.45, 7) is -0.287. The van der Waals surface area contributed by atoms with Crippen molar-refractivity contribution < 1.29 is 41.0 Å². The molecular formula is C19H17F3N4O6S3. The van der Waals surface area contributed by atoms with Crippen molar-refractivity contribution in [3.8, 4) is 10.6 Å². The lowest BCUT2D eigenvalue weighted by atomic mass is 10.1. The summed E-state index contributed by atoms with van der Waals surface area (Å²) in [5, 5.41) is 16.7. The molecule has 0 atom stereocenters. The van der Waals surface area contributed by atoms with Crippen molar-refractivity contribution in [1.82, 2.24) is 15.3 Å². The number of nitrogens with zero attached hydrogens (tertiary/aromatic N) is 2. The topological polar surface area (TPSA) is 148 Å². The number of alkyl halides is 3. The van der Waals surface area contributed by atoms with Crippen molar-refractivity contribution in [3.05, 3.63) is 45.9 Å². The Kier molecular flexibility index (Phi) is 8.09. The molecule has 188 valence electrons. The van der Waals surface area contributed by atoms with E-state index >= 15 is 0 Å². The monoisotopic (exact) mass is 550 g/mol. The molecule has 3 N–H and O–H groups in total. The molecule has 35 heavy (non-hydrogen) atoms. The molecule has 0 aliphatic rings. The largest absolute Gasteiger partial charge is 0.501 e. The van der Waals surface area contributed by atoms with Crippen LogP contribution in [0.4, 0.5) is 23.1 Å². The molecule has 0 saturated carbocycles. The molecule has 2 amide bonds. The molecule has 0 bridgehead atoms. The van der Waals surface area contributed by atoms with E-state index in [4.69, 9.17) is 0 Å². The van der Waals surface area contributed by atoms with Gasteiger partial charge in [-0.2, -0.15) is 13.2 Å². The number of alkyl carbamates (subject to hydrolysis) is 1. The first-order valence-electron chi connectivity index (χ1n) is 9.52. The van der Waals surface area contributed by atoms with Crippen LogP contribution in [0.2, 0.25) is 0 Å². The molecule has 10 nitrogen and oxygen atoms in total. The maximum absolute atomic E-state index is 12.6. The zero-order chi connectivity index (χ0) is 25.8. The number of aliphatic hydroxyl groups is 1. The minimum Gasteiger partial charge on any atom is -0.453 e. The van der Waals surface area contributed by atoms with Crippen molar-refractivity contribution in [2.24, 2.45) is 0 Å². The van der Waals surface area contributed by atoms with Crippen molar-refractivity contribution in [2.45, 2.75) is 30.0 Å². The molecule has 2 heterocycles. The van der Waals surface area contributed by atoms with Gasteiger partial charge in [-0.05, 0) is 17.7 Å². The first-order valence-corrected chi connectivity index (χ1v) is 12.7. The van der Waals surface area contributed by atoms with Crippen molar-refractivity contribution in [1.29, 1.82) is 0 Å². The second kappa shape index (κ2) is 10.7. The van der Waals surface area contributed by atoms with Gasteiger partial charge in [-0.1, -0.05) is 12.1 Å². The lowest BCUT2D eigenvalue weighted by Crippen LogP contribution is -2.23. The normalized spacial score (nSPS) is 11.8. The quantitative estimate of drug-likeness (QED) is 0.388. The molecule has 1 aromatic carbocycles. The third-order valence-corrected chi connectivity index (χ3v) is 7.71. The summed E-state index contributed by atoms with van der Waals surface area (Å²) in [7, 11) is -4.25. The fourth-order valence-corrected chi connectivity index (χ4v) is 5.18. The van der Waals surface area contributed by atoms with Gasteiger partial charge in [-0.3, -0.25) is 4.79 Å². The molecule has 0 saturated heterocycles. The number of carbonyl (C=O) groups excluding carboxylic acids is 2. The van der Waals surface area contributed by atoms with E-state index in [1.54, 1.807) is 5.38 Å². The smallest absolute Gasteiger partial charge is 0.453 e. The van der Waals surface area contributed by atoms with Crippen LogP contribution in [0.3, 0.4) is 0 Å². The Morgan fingerprint density at radius 1 is 1.17 bits per heavy atom. The molecule has 3 rings (SSSR count). The van der Waals surface area contributed by atoms with E-state index in [2.05, 4.69) is 25.3 Å². The molecular weight excluding hydrogens is 533 g/mol. The number of halogens is 3. The van der Waals surface area contributed by atoms with Crippen LogP contribution in [-0.4, -0.2) is 48.1 Å². The van der Waals surface area contributed by atoms with Crippen LogP contribution in [-0.2, 0) is 38.9 Å². The summed E-state index contributed by atoms with van der Waals surface area (Å²) >= 11 is 2.26. The summed E-state index contributed by atoms with van der Waals surface area (Å²) in [5.41, 5.74) is -4.22. The SMILES string of the molecule is COC(=O)NCc1nc(CO)sc1-c1csc(NC(=O)Cc2ccc(S(=O)(=O)C(F)(F)F)cc2)n1. The van der Waals surface area contributed by atoms with E-state index in [1.807, 2.05) is 0 Å². The highest BCUT2D eigenvalue weighted by molar-refractivity contribution is 7.92.